The average Bonchev–Trinajstić information content (AvgIpc) is 1.99. The van der Waals surface area contributed by atoms with Crippen molar-refractivity contribution >= 4 is 17.3 Å². The van der Waals surface area contributed by atoms with Crippen LogP contribution in [0.15, 0.2) is 24.2 Å². The van der Waals surface area contributed by atoms with Crippen LogP contribution in [-0.4, -0.2) is 14.1 Å². The molecule has 0 aliphatic heterocycles. The average molecular weight is 159 g/mol. The molecule has 0 N–H and O–H groups in total. The van der Waals surface area contributed by atoms with Gasteiger partial charge in [0.2, 0.25) is 0 Å². The third kappa shape index (κ3) is 1.64. The van der Waals surface area contributed by atoms with E-state index in [1.165, 1.54) is 6.07 Å². The predicted molar refractivity (Wildman–Crippen MR) is 45.8 cm³/mol. The number of benzene rings is 1. The SMILES string of the molecule is [2H]c1cc([2H])c(N(C)C)c([2H])c1Cl. The Morgan fingerprint density at radius 2 is 2.20 bits per heavy atom. The van der Waals surface area contributed by atoms with Crippen LogP contribution in [0.1, 0.15) is 4.11 Å². The number of nitrogens with zero attached hydrogens (tertiary/aromatic N) is 1. The van der Waals surface area contributed by atoms with Gasteiger partial charge >= 0.3 is 0 Å². The molecule has 0 aliphatic rings. The number of rotatable bonds is 1. The van der Waals surface area contributed by atoms with Crippen LogP contribution < -0.4 is 4.90 Å². The first kappa shape index (κ1) is 4.24. The highest BCUT2D eigenvalue weighted by atomic mass is 35.5. The molecule has 1 rings (SSSR count). The van der Waals surface area contributed by atoms with Gasteiger partial charge in [-0.05, 0) is 18.1 Å². The lowest BCUT2D eigenvalue weighted by atomic mass is 10.3. The van der Waals surface area contributed by atoms with Crippen molar-refractivity contribution in [1.29, 1.82) is 0 Å². The van der Waals surface area contributed by atoms with Crippen LogP contribution in [0.2, 0.25) is 5.02 Å². The van der Waals surface area contributed by atoms with Gasteiger partial charge in [-0.25, -0.2) is 0 Å². The molecule has 10 heavy (non-hydrogen) atoms. The van der Waals surface area contributed by atoms with Gasteiger partial charge < -0.3 is 4.90 Å². The van der Waals surface area contributed by atoms with E-state index in [1.807, 2.05) is 0 Å². The van der Waals surface area contributed by atoms with E-state index in [0.29, 0.717) is 5.69 Å². The summed E-state index contributed by atoms with van der Waals surface area (Å²) in [6, 6.07) is 1.58. The van der Waals surface area contributed by atoms with Crippen LogP contribution in [0.25, 0.3) is 0 Å². The van der Waals surface area contributed by atoms with Crippen LogP contribution in [-0.2, 0) is 0 Å². The smallest absolute Gasteiger partial charge is 0.0660 e. The molecule has 0 radical (unpaired) electrons. The number of hydrogen-bond donors (Lipinski definition) is 0. The highest BCUT2D eigenvalue weighted by Gasteiger charge is 1.93. The maximum Gasteiger partial charge on any atom is 0.0660 e. The van der Waals surface area contributed by atoms with Crippen molar-refractivity contribution in [2.75, 3.05) is 19.0 Å². The molecule has 0 saturated carbocycles. The Kier molecular flexibility index (Phi) is 1.24. The molecule has 1 aromatic rings. The van der Waals surface area contributed by atoms with Crippen LogP contribution in [0.3, 0.4) is 0 Å². The standard InChI is InChI=1S/C8H10ClN/c1-10(2)8-5-3-4-7(9)6-8/h3-6H,1-2H3/i4D,5D,6D. The zero-order valence-corrected chi connectivity index (χ0v) is 6.66. The van der Waals surface area contributed by atoms with Crippen molar-refractivity contribution in [3.63, 3.8) is 0 Å². The normalized spacial score (nSPS) is 13.7. The van der Waals surface area contributed by atoms with Crippen LogP contribution in [0, 0.1) is 0 Å². The highest BCUT2D eigenvalue weighted by molar-refractivity contribution is 6.30. The van der Waals surface area contributed by atoms with Gasteiger partial charge in [0.15, 0.2) is 0 Å². The van der Waals surface area contributed by atoms with Crippen LogP contribution in [0.5, 0.6) is 0 Å². The fraction of sp³-hybridized carbons (Fsp3) is 0.250. The van der Waals surface area contributed by atoms with Gasteiger partial charge in [-0.15, -0.1) is 0 Å². The van der Waals surface area contributed by atoms with Crippen molar-refractivity contribution < 1.29 is 4.11 Å². The first-order chi connectivity index (χ1) is 5.95. The van der Waals surface area contributed by atoms with E-state index in [-0.39, 0.29) is 23.1 Å². The lowest BCUT2D eigenvalue weighted by Crippen LogP contribution is -2.07. The number of hydrogen-bond acceptors (Lipinski definition) is 1. The van der Waals surface area contributed by atoms with Gasteiger partial charge in [0.1, 0.15) is 0 Å². The number of halogens is 1. The molecule has 0 saturated heterocycles. The van der Waals surface area contributed by atoms with Crippen molar-refractivity contribution in [3.05, 3.63) is 29.2 Å². The van der Waals surface area contributed by atoms with Gasteiger partial charge in [0.05, 0.1) is 4.11 Å². The van der Waals surface area contributed by atoms with Crippen LogP contribution >= 0.6 is 11.6 Å². The highest BCUT2D eigenvalue weighted by Crippen LogP contribution is 2.16. The first-order valence-corrected chi connectivity index (χ1v) is 3.26. The van der Waals surface area contributed by atoms with Gasteiger partial charge in [-0.2, -0.15) is 0 Å². The lowest BCUT2D eigenvalue weighted by molar-refractivity contribution is 1.13. The van der Waals surface area contributed by atoms with E-state index in [2.05, 4.69) is 0 Å². The Morgan fingerprint density at radius 3 is 2.80 bits per heavy atom. The van der Waals surface area contributed by atoms with Crippen molar-refractivity contribution in [1.82, 2.24) is 0 Å². The molecule has 1 nitrogen and oxygen atoms in total. The molecule has 0 heterocycles. The molecule has 0 atom stereocenters. The minimum atomic E-state index is 0.0299. The molecule has 0 amide bonds. The lowest BCUT2D eigenvalue weighted by Gasteiger charge is -2.11. The summed E-state index contributed by atoms with van der Waals surface area (Å²) in [5.41, 5.74) is 0.445. The molecule has 0 bridgehead atoms. The third-order valence-electron chi connectivity index (χ3n) is 1.08. The van der Waals surface area contributed by atoms with Gasteiger partial charge in [0, 0.05) is 24.8 Å². The summed E-state index contributed by atoms with van der Waals surface area (Å²) in [5, 5.41) is 0.0969. The topological polar surface area (TPSA) is 3.24 Å². The maximum atomic E-state index is 7.59. The minimum Gasteiger partial charge on any atom is -0.378 e. The number of anilines is 1. The molecule has 54 valence electrons. The predicted octanol–water partition coefficient (Wildman–Crippen LogP) is 2.41. The zero-order valence-electron chi connectivity index (χ0n) is 8.90. The summed E-state index contributed by atoms with van der Waals surface area (Å²) in [5.74, 6) is 0. The summed E-state index contributed by atoms with van der Waals surface area (Å²) in [7, 11) is 3.48. The van der Waals surface area contributed by atoms with Gasteiger partial charge in [-0.3, -0.25) is 0 Å². The fourth-order valence-electron chi connectivity index (χ4n) is 0.585. The molecular weight excluding hydrogens is 146 g/mol. The minimum absolute atomic E-state index is 0.0299. The summed E-state index contributed by atoms with van der Waals surface area (Å²) < 4.78 is 22.5. The monoisotopic (exact) mass is 158 g/mol. The van der Waals surface area contributed by atoms with Crippen molar-refractivity contribution in [2.45, 2.75) is 0 Å². The van der Waals surface area contributed by atoms with Gasteiger partial charge in [0.25, 0.3) is 0 Å². The molecule has 0 spiro atoms. The van der Waals surface area contributed by atoms with E-state index in [4.69, 9.17) is 15.7 Å². The molecule has 0 aromatic heterocycles. The second-order valence-electron chi connectivity index (χ2n) is 2.12. The molecule has 1 aromatic carbocycles. The first-order valence-electron chi connectivity index (χ1n) is 4.38. The van der Waals surface area contributed by atoms with Crippen molar-refractivity contribution in [3.8, 4) is 0 Å². The third-order valence-corrected chi connectivity index (χ3v) is 1.29. The van der Waals surface area contributed by atoms with E-state index in [0.717, 1.165) is 0 Å². The summed E-state index contributed by atoms with van der Waals surface area (Å²) in [6.45, 7) is 0. The van der Waals surface area contributed by atoms with Crippen LogP contribution in [0.4, 0.5) is 5.69 Å². The van der Waals surface area contributed by atoms with E-state index >= 15 is 0 Å². The second-order valence-corrected chi connectivity index (χ2v) is 2.49. The molecule has 0 aliphatic carbocycles. The van der Waals surface area contributed by atoms with E-state index in [1.54, 1.807) is 19.0 Å². The molecular formula is C8H10ClN. The van der Waals surface area contributed by atoms with Gasteiger partial charge in [-0.1, -0.05) is 17.7 Å². The van der Waals surface area contributed by atoms with E-state index < -0.39 is 0 Å². The molecule has 2 heteroatoms. The Hall–Kier alpha value is -0.690. The summed E-state index contributed by atoms with van der Waals surface area (Å²) in [6.07, 6.45) is 0. The summed E-state index contributed by atoms with van der Waals surface area (Å²) >= 11 is 5.71. The second kappa shape index (κ2) is 2.93. The maximum absolute atomic E-state index is 7.59. The quantitative estimate of drug-likeness (QED) is 0.607. The Morgan fingerprint density at radius 1 is 1.50 bits per heavy atom. The summed E-state index contributed by atoms with van der Waals surface area (Å²) in [4.78, 5) is 1.65. The Bertz CT molecular complexity index is 339. The van der Waals surface area contributed by atoms with E-state index in [9.17, 15) is 0 Å². The largest absolute Gasteiger partial charge is 0.378 e. The Balaban J connectivity index is 3.44. The van der Waals surface area contributed by atoms with Crippen molar-refractivity contribution in [2.24, 2.45) is 0 Å². The molecule has 0 fully saturated rings. The zero-order chi connectivity index (χ0) is 10.2. The fourth-order valence-corrected chi connectivity index (χ4v) is 0.729. The Labute approximate surface area is 70.4 Å². The molecule has 0 unspecified atom stereocenters.